The lowest BCUT2D eigenvalue weighted by Gasteiger charge is -2.09. The average molecular weight is 484 g/mol. The summed E-state index contributed by atoms with van der Waals surface area (Å²) >= 11 is 0. The first-order valence-corrected chi connectivity index (χ1v) is 11.3. The lowest BCUT2D eigenvalue weighted by molar-refractivity contribution is 0.0997. The molecule has 5 rings (SSSR count). The Labute approximate surface area is 205 Å². The van der Waals surface area contributed by atoms with Crippen LogP contribution in [0.3, 0.4) is 0 Å². The van der Waals surface area contributed by atoms with Crippen molar-refractivity contribution in [2.45, 2.75) is 13.5 Å². The normalized spacial score (nSPS) is 11.1. The fraction of sp³-hybridized carbons (Fsp3) is 0.111. The zero-order valence-electron chi connectivity index (χ0n) is 19.4. The van der Waals surface area contributed by atoms with Crippen molar-refractivity contribution in [3.8, 4) is 22.8 Å². The molecule has 0 aliphatic carbocycles. The Bertz CT molecular complexity index is 1610. The van der Waals surface area contributed by atoms with Gasteiger partial charge in [-0.25, -0.2) is 23.7 Å². The maximum Gasteiger partial charge on any atom is 0.335 e. The average Bonchev–Trinajstić information content (AvgIpc) is 3.16. The lowest BCUT2D eigenvalue weighted by atomic mass is 10.2. The van der Waals surface area contributed by atoms with Gasteiger partial charge in [-0.2, -0.15) is 0 Å². The van der Waals surface area contributed by atoms with E-state index in [4.69, 9.17) is 10.5 Å². The molecule has 3 aromatic carbocycles. The number of nitrogens with zero attached hydrogens (tertiary/aromatic N) is 4. The van der Waals surface area contributed by atoms with Crippen LogP contribution in [-0.4, -0.2) is 31.6 Å². The van der Waals surface area contributed by atoms with E-state index in [-0.39, 0.29) is 29.2 Å². The number of primary amides is 1. The maximum atomic E-state index is 13.7. The number of ether oxygens (including phenoxy) is 1. The smallest absolute Gasteiger partial charge is 0.335 e. The van der Waals surface area contributed by atoms with Crippen LogP contribution in [0.1, 0.15) is 23.0 Å². The highest BCUT2D eigenvalue weighted by Crippen LogP contribution is 2.25. The summed E-state index contributed by atoms with van der Waals surface area (Å²) in [6, 6.07) is 21.8. The summed E-state index contributed by atoms with van der Waals surface area (Å²) in [6.45, 7) is 2.57. The van der Waals surface area contributed by atoms with E-state index in [1.165, 1.54) is 33.4 Å². The zero-order valence-corrected chi connectivity index (χ0v) is 19.4. The maximum absolute atomic E-state index is 13.7. The summed E-state index contributed by atoms with van der Waals surface area (Å²) in [6.07, 6.45) is 0. The van der Waals surface area contributed by atoms with Crippen LogP contribution < -0.4 is 16.2 Å². The number of amides is 1. The highest BCUT2D eigenvalue weighted by molar-refractivity contribution is 6.02. The van der Waals surface area contributed by atoms with E-state index in [1.54, 1.807) is 24.3 Å². The van der Waals surface area contributed by atoms with E-state index in [0.717, 1.165) is 5.56 Å². The predicted octanol–water partition coefficient (Wildman–Crippen LogP) is 3.93. The number of nitrogens with two attached hydrogens (primary N) is 1. The number of carbonyl (C=O) groups excluding carboxylic acids is 1. The van der Waals surface area contributed by atoms with Crippen molar-refractivity contribution in [3.63, 3.8) is 0 Å². The third kappa shape index (κ3) is 4.22. The van der Waals surface area contributed by atoms with Crippen LogP contribution in [0.4, 0.5) is 4.39 Å². The third-order valence-corrected chi connectivity index (χ3v) is 5.69. The Hall–Kier alpha value is -4.79. The van der Waals surface area contributed by atoms with Crippen molar-refractivity contribution in [3.05, 3.63) is 106 Å². The first-order valence-electron chi connectivity index (χ1n) is 11.3. The summed E-state index contributed by atoms with van der Waals surface area (Å²) in [5.74, 6) is -0.350. The van der Waals surface area contributed by atoms with Gasteiger partial charge in [0, 0.05) is 5.56 Å². The Kier molecular flexibility index (Phi) is 6.03. The largest absolute Gasteiger partial charge is 0.494 e. The van der Waals surface area contributed by atoms with E-state index in [9.17, 15) is 14.0 Å². The molecule has 0 aliphatic heterocycles. The van der Waals surface area contributed by atoms with Gasteiger partial charge in [-0.3, -0.25) is 9.36 Å². The van der Waals surface area contributed by atoms with Crippen LogP contribution >= 0.6 is 0 Å². The molecule has 0 atom stereocenters. The van der Waals surface area contributed by atoms with Crippen LogP contribution in [0.15, 0.2) is 83.7 Å². The molecule has 0 unspecified atom stereocenters. The number of hydrogen-bond donors (Lipinski definition) is 1. The Morgan fingerprint density at radius 2 is 1.67 bits per heavy atom. The van der Waals surface area contributed by atoms with Gasteiger partial charge in [0.05, 0.1) is 18.8 Å². The van der Waals surface area contributed by atoms with Gasteiger partial charge < -0.3 is 10.5 Å². The van der Waals surface area contributed by atoms with E-state index in [0.29, 0.717) is 23.6 Å². The number of aromatic nitrogens is 4. The molecule has 5 aromatic rings. The van der Waals surface area contributed by atoms with Gasteiger partial charge in [-0.05, 0) is 61.0 Å². The molecule has 1 amide bonds. The Morgan fingerprint density at radius 3 is 2.31 bits per heavy atom. The molecule has 0 fully saturated rings. The minimum atomic E-state index is -0.798. The Morgan fingerprint density at radius 1 is 0.972 bits per heavy atom. The molecule has 0 saturated heterocycles. The second kappa shape index (κ2) is 9.46. The molecule has 0 radical (unpaired) electrons. The van der Waals surface area contributed by atoms with Gasteiger partial charge in [-0.15, -0.1) is 0 Å². The lowest BCUT2D eigenvalue weighted by Crippen LogP contribution is -2.24. The minimum Gasteiger partial charge on any atom is -0.494 e. The molecule has 180 valence electrons. The molecular weight excluding hydrogens is 461 g/mol. The molecule has 2 heterocycles. The number of halogens is 1. The number of carbonyl (C=O) groups is 1. The van der Waals surface area contributed by atoms with Gasteiger partial charge in [-0.1, -0.05) is 30.3 Å². The molecule has 0 saturated carbocycles. The summed E-state index contributed by atoms with van der Waals surface area (Å²) < 4.78 is 21.9. The first-order chi connectivity index (χ1) is 17.5. The minimum absolute atomic E-state index is 0.0854. The van der Waals surface area contributed by atoms with Crippen molar-refractivity contribution in [2.24, 2.45) is 5.73 Å². The highest BCUT2D eigenvalue weighted by atomic mass is 19.1. The molecule has 0 aliphatic rings. The second-order valence-corrected chi connectivity index (χ2v) is 8.06. The van der Waals surface area contributed by atoms with Crippen molar-refractivity contribution in [1.82, 2.24) is 19.1 Å². The first kappa shape index (κ1) is 23.0. The third-order valence-electron chi connectivity index (χ3n) is 5.69. The van der Waals surface area contributed by atoms with Gasteiger partial charge >= 0.3 is 5.69 Å². The van der Waals surface area contributed by atoms with Crippen molar-refractivity contribution in [1.29, 1.82) is 0 Å². The molecule has 0 bridgehead atoms. The molecule has 36 heavy (non-hydrogen) atoms. The van der Waals surface area contributed by atoms with Crippen LogP contribution in [-0.2, 0) is 6.54 Å². The molecule has 8 nitrogen and oxygen atoms in total. The van der Waals surface area contributed by atoms with Gasteiger partial charge in [0.1, 0.15) is 17.1 Å². The second-order valence-electron chi connectivity index (χ2n) is 8.06. The Balaban J connectivity index is 1.80. The van der Waals surface area contributed by atoms with E-state index in [1.807, 2.05) is 37.3 Å². The van der Waals surface area contributed by atoms with Gasteiger partial charge in [0.25, 0.3) is 5.91 Å². The highest BCUT2D eigenvalue weighted by Gasteiger charge is 2.24. The van der Waals surface area contributed by atoms with Crippen molar-refractivity contribution < 1.29 is 13.9 Å². The molecule has 0 spiro atoms. The summed E-state index contributed by atoms with van der Waals surface area (Å²) in [7, 11) is 0. The number of fused-ring (bicyclic) bond motifs is 1. The van der Waals surface area contributed by atoms with Gasteiger partial charge in [0.2, 0.25) is 0 Å². The van der Waals surface area contributed by atoms with Crippen LogP contribution in [0.25, 0.3) is 28.2 Å². The molecule has 9 heteroatoms. The number of benzene rings is 3. The topological polar surface area (TPSA) is 105 Å². The zero-order chi connectivity index (χ0) is 25.2. The standard InChI is InChI=1S/C27H22FN5O3/c1-2-36-21-14-8-18(9-15-21)25-30-22(24(29)34)23-26(31-25)33(20-12-10-19(28)11-13-20)27(35)32(23)16-17-6-4-3-5-7-17/h3-15H,2,16H2,1H3,(H2,29,34). The number of imidazole rings is 1. The SMILES string of the molecule is CCOc1ccc(-c2nc(C(N)=O)c3c(n2)n(-c2ccc(F)cc2)c(=O)n3Cc2ccccc2)cc1. The van der Waals surface area contributed by atoms with Crippen LogP contribution in [0.2, 0.25) is 0 Å². The predicted molar refractivity (Wildman–Crippen MR) is 134 cm³/mol. The summed E-state index contributed by atoms with van der Waals surface area (Å²) in [5, 5.41) is 0. The summed E-state index contributed by atoms with van der Waals surface area (Å²) in [5.41, 5.74) is 7.44. The number of hydrogen-bond acceptors (Lipinski definition) is 5. The van der Waals surface area contributed by atoms with Crippen LogP contribution in [0.5, 0.6) is 5.75 Å². The molecular formula is C27H22FN5O3. The van der Waals surface area contributed by atoms with Crippen molar-refractivity contribution >= 4 is 17.1 Å². The molecule has 2 N–H and O–H groups in total. The fourth-order valence-corrected chi connectivity index (χ4v) is 4.06. The van der Waals surface area contributed by atoms with E-state index < -0.39 is 17.4 Å². The molecule has 2 aromatic heterocycles. The fourth-order valence-electron chi connectivity index (χ4n) is 4.06. The summed E-state index contributed by atoms with van der Waals surface area (Å²) in [4.78, 5) is 35.4. The van der Waals surface area contributed by atoms with Gasteiger partial charge in [0.15, 0.2) is 17.2 Å². The van der Waals surface area contributed by atoms with Crippen LogP contribution in [0, 0.1) is 5.82 Å². The van der Waals surface area contributed by atoms with Crippen molar-refractivity contribution in [2.75, 3.05) is 6.61 Å². The monoisotopic (exact) mass is 483 g/mol. The number of rotatable bonds is 7. The van der Waals surface area contributed by atoms with E-state index >= 15 is 0 Å². The van der Waals surface area contributed by atoms with E-state index in [2.05, 4.69) is 9.97 Å². The quantitative estimate of drug-likeness (QED) is 0.378.